The van der Waals surface area contributed by atoms with E-state index in [1.807, 2.05) is 14.0 Å². The minimum Gasteiger partial charge on any atom is -0.379 e. The highest BCUT2D eigenvalue weighted by Gasteiger charge is 2.34. The molecule has 0 aromatic rings. The number of hydrogen-bond acceptors (Lipinski definition) is 3. The Morgan fingerprint density at radius 1 is 1.47 bits per heavy atom. The Kier molecular flexibility index (Phi) is 5.05. The van der Waals surface area contributed by atoms with Gasteiger partial charge in [0.2, 0.25) is 5.91 Å². The Morgan fingerprint density at radius 2 is 2.20 bits per heavy atom. The maximum Gasteiger partial charge on any atom is 0.229 e. The van der Waals surface area contributed by atoms with Gasteiger partial charge in [0.15, 0.2) is 0 Å². The second-order valence-corrected chi connectivity index (χ2v) is 4.06. The standard InChI is InChI=1S/C11H22N2O2/c1-4-6-12-10-8-15-7-9(10)11(14)13(3)5-2/h9-10,12H,4-8H2,1-3H3. The molecule has 4 heteroatoms. The van der Waals surface area contributed by atoms with Gasteiger partial charge in [-0.05, 0) is 19.9 Å². The molecule has 0 aromatic carbocycles. The third kappa shape index (κ3) is 3.18. The molecule has 1 amide bonds. The molecule has 2 unspecified atom stereocenters. The highest BCUT2D eigenvalue weighted by Crippen LogP contribution is 2.16. The summed E-state index contributed by atoms with van der Waals surface area (Å²) in [4.78, 5) is 13.7. The van der Waals surface area contributed by atoms with Crippen molar-refractivity contribution in [2.75, 3.05) is 33.4 Å². The molecular formula is C11H22N2O2. The zero-order chi connectivity index (χ0) is 11.3. The Morgan fingerprint density at radius 3 is 2.80 bits per heavy atom. The van der Waals surface area contributed by atoms with Crippen LogP contribution in [0.15, 0.2) is 0 Å². The fourth-order valence-electron chi connectivity index (χ4n) is 1.77. The number of hydrogen-bond donors (Lipinski definition) is 1. The van der Waals surface area contributed by atoms with Crippen molar-refractivity contribution in [2.24, 2.45) is 5.92 Å². The Balaban J connectivity index is 2.48. The van der Waals surface area contributed by atoms with Crippen LogP contribution in [-0.2, 0) is 9.53 Å². The molecule has 1 fully saturated rings. The smallest absolute Gasteiger partial charge is 0.229 e. The summed E-state index contributed by atoms with van der Waals surface area (Å²) in [6.07, 6.45) is 1.08. The largest absolute Gasteiger partial charge is 0.379 e. The number of ether oxygens (including phenoxy) is 1. The molecule has 2 atom stereocenters. The molecule has 0 spiro atoms. The van der Waals surface area contributed by atoms with E-state index in [1.165, 1.54) is 0 Å². The van der Waals surface area contributed by atoms with Gasteiger partial charge >= 0.3 is 0 Å². The van der Waals surface area contributed by atoms with Gasteiger partial charge < -0.3 is 15.0 Å². The van der Waals surface area contributed by atoms with Gasteiger partial charge in [0.05, 0.1) is 19.1 Å². The molecule has 0 radical (unpaired) electrons. The lowest BCUT2D eigenvalue weighted by Gasteiger charge is -2.23. The van der Waals surface area contributed by atoms with Crippen LogP contribution in [0.1, 0.15) is 20.3 Å². The van der Waals surface area contributed by atoms with Crippen LogP contribution in [0.4, 0.5) is 0 Å². The minimum absolute atomic E-state index is 0.00139. The Labute approximate surface area is 92.0 Å². The molecular weight excluding hydrogens is 192 g/mol. The molecule has 0 aliphatic carbocycles. The van der Waals surface area contributed by atoms with Gasteiger partial charge in [-0.3, -0.25) is 4.79 Å². The number of rotatable bonds is 5. The van der Waals surface area contributed by atoms with E-state index in [0.29, 0.717) is 13.2 Å². The third-order valence-electron chi connectivity index (χ3n) is 2.90. The van der Waals surface area contributed by atoms with E-state index < -0.39 is 0 Å². The normalized spacial score (nSPS) is 25.5. The van der Waals surface area contributed by atoms with E-state index >= 15 is 0 Å². The number of carbonyl (C=O) groups excluding carboxylic acids is 1. The molecule has 1 N–H and O–H groups in total. The predicted octanol–water partition coefficient (Wildman–Crippen LogP) is 0.479. The van der Waals surface area contributed by atoms with Crippen LogP contribution in [0, 0.1) is 5.92 Å². The van der Waals surface area contributed by atoms with Crippen molar-refractivity contribution < 1.29 is 9.53 Å². The summed E-state index contributed by atoms with van der Waals surface area (Å²) < 4.78 is 5.37. The number of nitrogens with zero attached hydrogens (tertiary/aromatic N) is 1. The summed E-state index contributed by atoms with van der Waals surface area (Å²) in [7, 11) is 1.84. The molecule has 1 saturated heterocycles. The van der Waals surface area contributed by atoms with Crippen molar-refractivity contribution in [3.05, 3.63) is 0 Å². The molecule has 0 bridgehead atoms. The average molecular weight is 214 g/mol. The van der Waals surface area contributed by atoms with E-state index in [9.17, 15) is 4.79 Å². The van der Waals surface area contributed by atoms with Crippen molar-refractivity contribution in [2.45, 2.75) is 26.3 Å². The van der Waals surface area contributed by atoms with Crippen molar-refractivity contribution in [1.29, 1.82) is 0 Å². The van der Waals surface area contributed by atoms with Gasteiger partial charge in [0.1, 0.15) is 0 Å². The number of nitrogens with one attached hydrogen (secondary N) is 1. The average Bonchev–Trinajstić information content (AvgIpc) is 2.72. The summed E-state index contributed by atoms with van der Waals surface area (Å²) in [6, 6.07) is 0.200. The molecule has 0 saturated carbocycles. The molecule has 1 rings (SSSR count). The molecule has 1 aliphatic heterocycles. The molecule has 1 heterocycles. The highest BCUT2D eigenvalue weighted by molar-refractivity contribution is 5.79. The van der Waals surface area contributed by atoms with E-state index in [1.54, 1.807) is 4.90 Å². The quantitative estimate of drug-likeness (QED) is 0.724. The lowest BCUT2D eigenvalue weighted by Crippen LogP contribution is -2.44. The minimum atomic E-state index is 0.00139. The lowest BCUT2D eigenvalue weighted by atomic mass is 10.0. The van der Waals surface area contributed by atoms with Crippen LogP contribution in [0.25, 0.3) is 0 Å². The second kappa shape index (κ2) is 6.08. The summed E-state index contributed by atoms with van der Waals surface area (Å²) in [5.74, 6) is 0.199. The molecule has 15 heavy (non-hydrogen) atoms. The topological polar surface area (TPSA) is 41.6 Å². The zero-order valence-electron chi connectivity index (χ0n) is 9.95. The van der Waals surface area contributed by atoms with Gasteiger partial charge in [-0.2, -0.15) is 0 Å². The van der Waals surface area contributed by atoms with Crippen molar-refractivity contribution in [3.63, 3.8) is 0 Å². The van der Waals surface area contributed by atoms with Gasteiger partial charge in [0, 0.05) is 19.6 Å². The number of carbonyl (C=O) groups is 1. The van der Waals surface area contributed by atoms with Gasteiger partial charge in [0.25, 0.3) is 0 Å². The first kappa shape index (κ1) is 12.5. The maximum absolute atomic E-state index is 12.0. The molecule has 0 aromatic heterocycles. The van der Waals surface area contributed by atoms with Gasteiger partial charge in [-0.15, -0.1) is 0 Å². The Hall–Kier alpha value is -0.610. The van der Waals surface area contributed by atoms with Crippen molar-refractivity contribution in [1.82, 2.24) is 10.2 Å². The highest BCUT2D eigenvalue weighted by atomic mass is 16.5. The fourth-order valence-corrected chi connectivity index (χ4v) is 1.77. The van der Waals surface area contributed by atoms with Crippen molar-refractivity contribution >= 4 is 5.91 Å². The summed E-state index contributed by atoms with van der Waals surface area (Å²) >= 11 is 0. The van der Waals surface area contributed by atoms with E-state index in [0.717, 1.165) is 19.5 Å². The van der Waals surface area contributed by atoms with E-state index in [-0.39, 0.29) is 17.9 Å². The van der Waals surface area contributed by atoms with Crippen LogP contribution < -0.4 is 5.32 Å². The predicted molar refractivity (Wildman–Crippen MR) is 59.7 cm³/mol. The first-order valence-corrected chi connectivity index (χ1v) is 5.76. The fraction of sp³-hybridized carbons (Fsp3) is 0.909. The third-order valence-corrected chi connectivity index (χ3v) is 2.90. The SMILES string of the molecule is CCCNC1COCC1C(=O)N(C)CC. The van der Waals surface area contributed by atoms with Crippen molar-refractivity contribution in [3.8, 4) is 0 Å². The molecule has 4 nitrogen and oxygen atoms in total. The van der Waals surface area contributed by atoms with Crippen LogP contribution >= 0.6 is 0 Å². The zero-order valence-corrected chi connectivity index (χ0v) is 9.95. The van der Waals surface area contributed by atoms with Crippen LogP contribution in [0.3, 0.4) is 0 Å². The summed E-state index contributed by atoms with van der Waals surface area (Å²) in [5, 5.41) is 3.37. The van der Waals surface area contributed by atoms with E-state index in [2.05, 4.69) is 12.2 Å². The first-order valence-electron chi connectivity index (χ1n) is 5.76. The Bertz CT molecular complexity index is 209. The number of amides is 1. The summed E-state index contributed by atoms with van der Waals surface area (Å²) in [5.41, 5.74) is 0. The monoisotopic (exact) mass is 214 g/mol. The van der Waals surface area contributed by atoms with Gasteiger partial charge in [-0.25, -0.2) is 0 Å². The van der Waals surface area contributed by atoms with Gasteiger partial charge in [-0.1, -0.05) is 6.92 Å². The van der Waals surface area contributed by atoms with Crippen LogP contribution in [0.2, 0.25) is 0 Å². The van der Waals surface area contributed by atoms with E-state index in [4.69, 9.17) is 4.74 Å². The lowest BCUT2D eigenvalue weighted by molar-refractivity contribution is -0.134. The second-order valence-electron chi connectivity index (χ2n) is 4.06. The molecule has 88 valence electrons. The van der Waals surface area contributed by atoms with Crippen LogP contribution in [0.5, 0.6) is 0 Å². The first-order chi connectivity index (χ1) is 7.20. The van der Waals surface area contributed by atoms with Crippen LogP contribution in [-0.4, -0.2) is 50.2 Å². The maximum atomic E-state index is 12.0. The molecule has 1 aliphatic rings. The summed E-state index contributed by atoms with van der Waals surface area (Å²) in [6.45, 7) is 7.04.